The van der Waals surface area contributed by atoms with Gasteiger partial charge in [-0.25, -0.2) is 8.78 Å². The van der Waals surface area contributed by atoms with Gasteiger partial charge in [-0.3, -0.25) is 9.89 Å². The van der Waals surface area contributed by atoms with Crippen molar-refractivity contribution in [1.29, 1.82) is 0 Å². The number of rotatable bonds is 4. The molecule has 3 aromatic rings. The van der Waals surface area contributed by atoms with E-state index in [0.29, 0.717) is 17.1 Å². The minimum atomic E-state index is -0.681. The zero-order valence-electron chi connectivity index (χ0n) is 15.2. The molecule has 0 atom stereocenters. The van der Waals surface area contributed by atoms with E-state index in [4.69, 9.17) is 0 Å². The molecule has 0 saturated carbocycles. The number of nitrogens with one attached hydrogen (secondary N) is 3. The third-order valence-corrected chi connectivity index (χ3v) is 3.90. The Balaban J connectivity index is 1.74. The van der Waals surface area contributed by atoms with E-state index < -0.39 is 11.6 Å². The number of aromatic nitrogens is 2. The van der Waals surface area contributed by atoms with Gasteiger partial charge in [0.05, 0.1) is 0 Å². The second-order valence-electron chi connectivity index (χ2n) is 7.23. The standard InChI is InChI=1S/C20H20F2N4O/c1-20(2,3)17-11-18(26-25-17)24-19(27)12-5-4-6-15(7-12)23-16-9-13(21)8-14(22)10-16/h4-11,23H,1-3H3,(H2,24,25,26,27). The Morgan fingerprint density at radius 1 is 1.00 bits per heavy atom. The van der Waals surface area contributed by atoms with Crippen LogP contribution in [-0.2, 0) is 5.41 Å². The Labute approximate surface area is 155 Å². The van der Waals surface area contributed by atoms with Gasteiger partial charge in [-0.2, -0.15) is 5.10 Å². The molecule has 0 aliphatic heterocycles. The highest BCUT2D eigenvalue weighted by atomic mass is 19.1. The zero-order valence-corrected chi connectivity index (χ0v) is 15.2. The first-order chi connectivity index (χ1) is 12.7. The number of carbonyl (C=O) groups excluding carboxylic acids is 1. The van der Waals surface area contributed by atoms with E-state index in [-0.39, 0.29) is 17.0 Å². The summed E-state index contributed by atoms with van der Waals surface area (Å²) >= 11 is 0. The molecular weight excluding hydrogens is 350 g/mol. The Morgan fingerprint density at radius 3 is 2.33 bits per heavy atom. The summed E-state index contributed by atoms with van der Waals surface area (Å²) in [5, 5.41) is 12.6. The molecule has 0 saturated heterocycles. The van der Waals surface area contributed by atoms with Crippen LogP contribution in [0.2, 0.25) is 0 Å². The van der Waals surface area contributed by atoms with Crippen LogP contribution in [0.5, 0.6) is 0 Å². The van der Waals surface area contributed by atoms with Crippen LogP contribution in [0.4, 0.5) is 26.0 Å². The van der Waals surface area contributed by atoms with Gasteiger partial charge >= 0.3 is 0 Å². The lowest BCUT2D eigenvalue weighted by atomic mass is 9.92. The number of nitrogens with zero attached hydrogens (tertiary/aromatic N) is 1. The van der Waals surface area contributed by atoms with Crippen molar-refractivity contribution >= 4 is 23.1 Å². The lowest BCUT2D eigenvalue weighted by Crippen LogP contribution is -2.12. The average Bonchev–Trinajstić information content (AvgIpc) is 3.03. The number of anilines is 3. The lowest BCUT2D eigenvalue weighted by Gasteiger charge is -2.14. The number of aromatic amines is 1. The summed E-state index contributed by atoms with van der Waals surface area (Å²) in [5.41, 5.74) is 1.97. The summed E-state index contributed by atoms with van der Waals surface area (Å²) in [5.74, 6) is -1.27. The van der Waals surface area contributed by atoms with Gasteiger partial charge in [0.2, 0.25) is 0 Å². The first kappa shape index (κ1) is 18.6. The van der Waals surface area contributed by atoms with Crippen molar-refractivity contribution in [3.63, 3.8) is 0 Å². The summed E-state index contributed by atoms with van der Waals surface area (Å²) in [6, 6.07) is 11.5. The Kier molecular flexibility index (Phi) is 4.94. The van der Waals surface area contributed by atoms with Gasteiger partial charge in [0.1, 0.15) is 11.6 Å². The molecule has 7 heteroatoms. The molecule has 0 unspecified atom stereocenters. The fourth-order valence-electron chi connectivity index (χ4n) is 2.49. The molecule has 0 bridgehead atoms. The highest BCUT2D eigenvalue weighted by Gasteiger charge is 2.17. The van der Waals surface area contributed by atoms with Crippen LogP contribution in [0.25, 0.3) is 0 Å². The highest BCUT2D eigenvalue weighted by Crippen LogP contribution is 2.23. The molecule has 5 nitrogen and oxygen atoms in total. The molecular formula is C20H20F2N4O. The van der Waals surface area contributed by atoms with Gasteiger partial charge in [-0.1, -0.05) is 26.8 Å². The zero-order chi connectivity index (χ0) is 19.6. The minimum Gasteiger partial charge on any atom is -0.355 e. The molecule has 0 radical (unpaired) electrons. The van der Waals surface area contributed by atoms with E-state index in [1.165, 1.54) is 12.1 Å². The predicted octanol–water partition coefficient (Wildman–Crippen LogP) is 4.98. The molecule has 0 aliphatic rings. The lowest BCUT2D eigenvalue weighted by molar-refractivity contribution is 0.102. The van der Waals surface area contributed by atoms with E-state index in [1.54, 1.807) is 30.3 Å². The first-order valence-electron chi connectivity index (χ1n) is 8.41. The topological polar surface area (TPSA) is 69.8 Å². The largest absolute Gasteiger partial charge is 0.355 e. The summed E-state index contributed by atoms with van der Waals surface area (Å²) in [7, 11) is 0. The monoisotopic (exact) mass is 370 g/mol. The maximum Gasteiger partial charge on any atom is 0.256 e. The van der Waals surface area contributed by atoms with Crippen molar-refractivity contribution in [2.45, 2.75) is 26.2 Å². The summed E-state index contributed by atoms with van der Waals surface area (Å²) in [4.78, 5) is 12.5. The SMILES string of the molecule is CC(C)(C)c1cc(NC(=O)c2cccc(Nc3cc(F)cc(F)c3)c2)n[nH]1. The molecule has 0 aliphatic carbocycles. The number of hydrogen-bond donors (Lipinski definition) is 3. The third-order valence-electron chi connectivity index (χ3n) is 3.90. The van der Waals surface area contributed by atoms with Crippen molar-refractivity contribution < 1.29 is 13.6 Å². The van der Waals surface area contributed by atoms with Crippen molar-refractivity contribution in [2.75, 3.05) is 10.6 Å². The number of amides is 1. The van der Waals surface area contributed by atoms with Crippen molar-refractivity contribution in [2.24, 2.45) is 0 Å². The molecule has 140 valence electrons. The van der Waals surface area contributed by atoms with E-state index in [9.17, 15) is 13.6 Å². The van der Waals surface area contributed by atoms with E-state index in [0.717, 1.165) is 11.8 Å². The number of benzene rings is 2. The molecule has 1 amide bonds. The van der Waals surface area contributed by atoms with Gasteiger partial charge in [0, 0.05) is 40.2 Å². The molecule has 1 aromatic heterocycles. The number of hydrogen-bond acceptors (Lipinski definition) is 3. The predicted molar refractivity (Wildman–Crippen MR) is 101 cm³/mol. The number of H-pyrrole nitrogens is 1. The fraction of sp³-hybridized carbons (Fsp3) is 0.200. The Hall–Kier alpha value is -3.22. The van der Waals surface area contributed by atoms with Crippen LogP contribution in [0.1, 0.15) is 36.8 Å². The Bertz CT molecular complexity index is 956. The van der Waals surface area contributed by atoms with Crippen LogP contribution >= 0.6 is 0 Å². The molecule has 2 aromatic carbocycles. The normalized spacial score (nSPS) is 11.3. The smallest absolute Gasteiger partial charge is 0.256 e. The van der Waals surface area contributed by atoms with Crippen LogP contribution in [0, 0.1) is 11.6 Å². The van der Waals surface area contributed by atoms with Gasteiger partial charge in [-0.05, 0) is 30.3 Å². The molecule has 3 N–H and O–H groups in total. The van der Waals surface area contributed by atoms with Gasteiger partial charge < -0.3 is 10.6 Å². The summed E-state index contributed by atoms with van der Waals surface area (Å²) < 4.78 is 26.6. The Morgan fingerprint density at radius 2 is 1.70 bits per heavy atom. The van der Waals surface area contributed by atoms with Crippen LogP contribution in [-0.4, -0.2) is 16.1 Å². The van der Waals surface area contributed by atoms with E-state index in [2.05, 4.69) is 20.8 Å². The average molecular weight is 370 g/mol. The molecule has 0 fully saturated rings. The second kappa shape index (κ2) is 7.19. The third kappa shape index (κ3) is 4.69. The van der Waals surface area contributed by atoms with E-state index >= 15 is 0 Å². The van der Waals surface area contributed by atoms with Crippen LogP contribution in [0.3, 0.4) is 0 Å². The summed E-state index contributed by atoms with van der Waals surface area (Å²) in [6.45, 7) is 6.11. The number of halogens is 2. The molecule has 3 rings (SSSR count). The van der Waals surface area contributed by atoms with E-state index in [1.807, 2.05) is 20.8 Å². The fourth-order valence-corrected chi connectivity index (χ4v) is 2.49. The quantitative estimate of drug-likeness (QED) is 0.606. The van der Waals surface area contributed by atoms with Gasteiger partial charge in [0.15, 0.2) is 5.82 Å². The summed E-state index contributed by atoms with van der Waals surface area (Å²) in [6.07, 6.45) is 0. The van der Waals surface area contributed by atoms with Crippen LogP contribution in [0.15, 0.2) is 48.5 Å². The minimum absolute atomic E-state index is 0.111. The molecule has 1 heterocycles. The van der Waals surface area contributed by atoms with Crippen molar-refractivity contribution in [1.82, 2.24) is 10.2 Å². The van der Waals surface area contributed by atoms with Gasteiger partial charge in [-0.15, -0.1) is 0 Å². The van der Waals surface area contributed by atoms with Crippen molar-refractivity contribution in [3.8, 4) is 0 Å². The first-order valence-corrected chi connectivity index (χ1v) is 8.41. The molecule has 0 spiro atoms. The number of carbonyl (C=O) groups is 1. The maximum atomic E-state index is 13.3. The maximum absolute atomic E-state index is 13.3. The molecule has 27 heavy (non-hydrogen) atoms. The van der Waals surface area contributed by atoms with Crippen LogP contribution < -0.4 is 10.6 Å². The highest BCUT2D eigenvalue weighted by molar-refractivity contribution is 6.04. The van der Waals surface area contributed by atoms with Gasteiger partial charge in [0.25, 0.3) is 5.91 Å². The van der Waals surface area contributed by atoms with Crippen molar-refractivity contribution in [3.05, 3.63) is 71.4 Å². The second-order valence-corrected chi connectivity index (χ2v) is 7.23.